The molecule has 3 heterocycles. The van der Waals surface area contributed by atoms with Gasteiger partial charge in [-0.05, 0) is 86.9 Å². The van der Waals surface area contributed by atoms with Crippen LogP contribution in [0.15, 0.2) is 199 Å². The Morgan fingerprint density at radius 2 is 0.817 bits per heavy atom. The van der Waals surface area contributed by atoms with Crippen LogP contribution >= 0.6 is 0 Å². The molecule has 0 saturated heterocycles. The minimum absolute atomic E-state index is 0.600. The van der Waals surface area contributed by atoms with Crippen LogP contribution in [-0.2, 0) is 0 Å². The van der Waals surface area contributed by atoms with Gasteiger partial charge in [0, 0.05) is 49.0 Å². The van der Waals surface area contributed by atoms with Crippen LogP contribution in [0.4, 0.5) is 0 Å². The fraction of sp³-hybridized carbons (Fsp3) is 0. The fourth-order valence-corrected chi connectivity index (χ4v) is 9.24. The van der Waals surface area contributed by atoms with Crippen molar-refractivity contribution in [3.8, 4) is 39.9 Å². The maximum Gasteiger partial charge on any atom is 0.164 e. The summed E-state index contributed by atoms with van der Waals surface area (Å²) in [5.74, 6) is 1.85. The van der Waals surface area contributed by atoms with Crippen LogP contribution in [0.1, 0.15) is 0 Å². The van der Waals surface area contributed by atoms with Gasteiger partial charge in [-0.3, -0.25) is 0 Å². The Morgan fingerprint density at radius 3 is 1.47 bits per heavy atom. The van der Waals surface area contributed by atoms with E-state index >= 15 is 0 Å². The van der Waals surface area contributed by atoms with Gasteiger partial charge in [0.1, 0.15) is 11.2 Å². The van der Waals surface area contributed by atoms with E-state index in [9.17, 15) is 0 Å². The smallest absolute Gasteiger partial charge is 0.164 e. The average Bonchev–Trinajstić information content (AvgIpc) is 3.84. The van der Waals surface area contributed by atoms with Gasteiger partial charge >= 0.3 is 0 Å². The molecule has 0 N–H and O–H groups in total. The highest BCUT2D eigenvalue weighted by Gasteiger charge is 2.21. The quantitative estimate of drug-likeness (QED) is 0.179. The van der Waals surface area contributed by atoms with Crippen molar-refractivity contribution in [1.82, 2.24) is 19.5 Å². The molecule has 3 aromatic heterocycles. The van der Waals surface area contributed by atoms with Gasteiger partial charge < -0.3 is 8.98 Å². The van der Waals surface area contributed by atoms with Crippen molar-refractivity contribution in [2.75, 3.05) is 0 Å². The van der Waals surface area contributed by atoms with Crippen LogP contribution in [0.2, 0.25) is 0 Å². The molecule has 0 aliphatic heterocycles. The number of aromatic nitrogens is 4. The summed E-state index contributed by atoms with van der Waals surface area (Å²) in [6.45, 7) is 0. The number of rotatable bonds is 4. The predicted octanol–water partition coefficient (Wildman–Crippen LogP) is 14.5. The number of hydrogen-bond donors (Lipinski definition) is 0. The van der Waals surface area contributed by atoms with E-state index in [-0.39, 0.29) is 0 Å². The molecule has 0 bridgehead atoms. The maximum absolute atomic E-state index is 6.77. The zero-order chi connectivity index (χ0) is 39.3. The maximum atomic E-state index is 6.77. The van der Waals surface area contributed by atoms with Crippen molar-refractivity contribution in [3.63, 3.8) is 0 Å². The first kappa shape index (κ1) is 32.9. The molecule has 5 nitrogen and oxygen atoms in total. The Bertz CT molecular complexity index is 3820. The first-order valence-electron chi connectivity index (χ1n) is 20.3. The third-order valence-corrected chi connectivity index (χ3v) is 12.1. The van der Waals surface area contributed by atoms with Crippen LogP contribution in [-0.4, -0.2) is 19.5 Å². The molecule has 0 radical (unpaired) electrons. The molecular formula is C55H32N4O. The van der Waals surface area contributed by atoms with Crippen molar-refractivity contribution >= 4 is 86.8 Å². The van der Waals surface area contributed by atoms with E-state index < -0.39 is 0 Å². The van der Waals surface area contributed by atoms with Crippen LogP contribution in [0.25, 0.3) is 127 Å². The van der Waals surface area contributed by atoms with Gasteiger partial charge in [0.2, 0.25) is 0 Å². The lowest BCUT2D eigenvalue weighted by molar-refractivity contribution is 0.672. The van der Waals surface area contributed by atoms with Crippen molar-refractivity contribution in [1.29, 1.82) is 0 Å². The summed E-state index contributed by atoms with van der Waals surface area (Å²) in [5.41, 5.74) is 7.85. The minimum atomic E-state index is 0.600. The molecule has 13 aromatic rings. The van der Waals surface area contributed by atoms with Crippen LogP contribution in [0.5, 0.6) is 0 Å². The van der Waals surface area contributed by atoms with Gasteiger partial charge in [-0.1, -0.05) is 140 Å². The molecule has 0 saturated carbocycles. The van der Waals surface area contributed by atoms with Crippen LogP contribution < -0.4 is 0 Å². The van der Waals surface area contributed by atoms with Crippen LogP contribution in [0.3, 0.4) is 0 Å². The molecule has 60 heavy (non-hydrogen) atoms. The lowest BCUT2D eigenvalue weighted by Crippen LogP contribution is -2.00. The molecule has 5 heteroatoms. The number of benzene rings is 10. The van der Waals surface area contributed by atoms with Crippen molar-refractivity contribution in [3.05, 3.63) is 194 Å². The molecule has 278 valence electrons. The monoisotopic (exact) mass is 764 g/mol. The van der Waals surface area contributed by atoms with E-state index in [1.54, 1.807) is 0 Å². The summed E-state index contributed by atoms with van der Waals surface area (Å²) in [4.78, 5) is 15.5. The van der Waals surface area contributed by atoms with Crippen LogP contribution in [0, 0.1) is 0 Å². The molecule has 0 spiro atoms. The molecule has 0 aliphatic carbocycles. The summed E-state index contributed by atoms with van der Waals surface area (Å²) in [5, 5.41) is 13.7. The largest absolute Gasteiger partial charge is 0.455 e. The molecular weight excluding hydrogens is 733 g/mol. The number of nitrogens with zero attached hydrogens (tertiary/aromatic N) is 4. The van der Waals surface area contributed by atoms with E-state index in [0.29, 0.717) is 17.5 Å². The Balaban J connectivity index is 1.05. The van der Waals surface area contributed by atoms with Gasteiger partial charge in [-0.25, -0.2) is 15.0 Å². The second kappa shape index (κ2) is 12.7. The Labute approximate surface area is 343 Å². The average molecular weight is 765 g/mol. The lowest BCUT2D eigenvalue weighted by Gasteiger charge is -2.13. The lowest BCUT2D eigenvalue weighted by atomic mass is 10.0. The minimum Gasteiger partial charge on any atom is -0.455 e. The van der Waals surface area contributed by atoms with Crippen molar-refractivity contribution in [2.24, 2.45) is 0 Å². The summed E-state index contributed by atoms with van der Waals surface area (Å²) >= 11 is 0. The van der Waals surface area contributed by atoms with Gasteiger partial charge in [0.05, 0.1) is 16.7 Å². The number of para-hydroxylation sites is 1. The van der Waals surface area contributed by atoms with E-state index in [1.165, 1.54) is 37.8 Å². The van der Waals surface area contributed by atoms with E-state index in [1.807, 2.05) is 0 Å². The van der Waals surface area contributed by atoms with E-state index in [4.69, 9.17) is 19.4 Å². The highest BCUT2D eigenvalue weighted by molar-refractivity contribution is 6.20. The van der Waals surface area contributed by atoms with Gasteiger partial charge in [-0.2, -0.15) is 0 Å². The van der Waals surface area contributed by atoms with E-state index in [2.05, 4.69) is 199 Å². The molecule has 10 aromatic carbocycles. The van der Waals surface area contributed by atoms with E-state index in [0.717, 1.165) is 71.4 Å². The van der Waals surface area contributed by atoms with Gasteiger partial charge in [0.15, 0.2) is 17.5 Å². The summed E-state index contributed by atoms with van der Waals surface area (Å²) < 4.78 is 9.20. The van der Waals surface area contributed by atoms with Crippen molar-refractivity contribution < 1.29 is 4.42 Å². The third kappa shape index (κ3) is 5.03. The molecule has 0 aliphatic rings. The first-order chi connectivity index (χ1) is 29.7. The zero-order valence-electron chi connectivity index (χ0n) is 32.2. The summed E-state index contributed by atoms with van der Waals surface area (Å²) in [6.07, 6.45) is 0. The molecule has 0 amide bonds. The Hall–Kier alpha value is -8.15. The number of hydrogen-bond acceptors (Lipinski definition) is 4. The highest BCUT2D eigenvalue weighted by Crippen LogP contribution is 2.42. The predicted molar refractivity (Wildman–Crippen MR) is 248 cm³/mol. The first-order valence-corrected chi connectivity index (χ1v) is 20.3. The Kier molecular flexibility index (Phi) is 6.95. The number of furan rings is 1. The summed E-state index contributed by atoms with van der Waals surface area (Å²) in [6, 6.07) is 68.7. The molecule has 0 atom stereocenters. The van der Waals surface area contributed by atoms with Gasteiger partial charge in [0.25, 0.3) is 0 Å². The summed E-state index contributed by atoms with van der Waals surface area (Å²) in [7, 11) is 0. The second-order valence-corrected chi connectivity index (χ2v) is 15.6. The molecule has 13 rings (SSSR count). The normalized spacial score (nSPS) is 12.0. The molecule has 0 unspecified atom stereocenters. The SMILES string of the molecule is c1ccc2cc(-c3nc(-c4ccc5ccccc5c4)nc(-c4ccc5oc6c7ccccc7c(-n7c8ccccc8c8cc9ccccc9cc87)cc6c5c4)n3)ccc2c1. The third-order valence-electron chi connectivity index (χ3n) is 12.1. The second-order valence-electron chi connectivity index (χ2n) is 15.6. The number of fused-ring (bicyclic) bond motifs is 11. The highest BCUT2D eigenvalue weighted by atomic mass is 16.3. The molecule has 0 fully saturated rings. The Morgan fingerprint density at radius 1 is 0.317 bits per heavy atom. The van der Waals surface area contributed by atoms with Gasteiger partial charge in [-0.15, -0.1) is 0 Å². The topological polar surface area (TPSA) is 56.7 Å². The van der Waals surface area contributed by atoms with Crippen molar-refractivity contribution in [2.45, 2.75) is 0 Å². The standard InChI is InChI=1S/C55H32N4O/c1-3-13-35-27-39(23-21-33(35)11-1)53-56-54(40-24-22-34-12-2-4-14-36(34)28-40)58-55(57-53)41-25-26-51-46(30-41)47-32-50(42-17-7-8-19-44(42)52(47)60-51)59-48-20-10-9-18-43(48)45-29-37-15-5-6-16-38(37)31-49(45)59/h1-32H. The zero-order valence-corrected chi connectivity index (χ0v) is 32.2. The fourth-order valence-electron chi connectivity index (χ4n) is 9.24.